The number of hydrogen-bond acceptors (Lipinski definition) is 3. The molecule has 3 heteroatoms. The summed E-state index contributed by atoms with van der Waals surface area (Å²) in [6, 6.07) is 11.2. The molecule has 0 N–H and O–H groups in total. The van der Waals surface area contributed by atoms with Crippen molar-refractivity contribution in [3.63, 3.8) is 0 Å². The number of piperidine rings is 1. The van der Waals surface area contributed by atoms with Gasteiger partial charge in [0.2, 0.25) is 0 Å². The van der Waals surface area contributed by atoms with E-state index in [9.17, 15) is 0 Å². The second-order valence-corrected chi connectivity index (χ2v) is 6.31. The number of hydrogen-bond donors (Lipinski definition) is 0. The fourth-order valence-electron chi connectivity index (χ4n) is 2.94. The molecule has 0 radical (unpaired) electrons. The fraction of sp³-hybridized carbons (Fsp3) is 0.533. The van der Waals surface area contributed by atoms with Gasteiger partial charge in [-0.15, -0.1) is 11.8 Å². The third-order valence-electron chi connectivity index (χ3n) is 4.05. The van der Waals surface area contributed by atoms with Crippen molar-refractivity contribution in [1.82, 2.24) is 4.90 Å². The Morgan fingerprint density at radius 2 is 2.06 bits per heavy atom. The minimum absolute atomic E-state index is 0.298. The fourth-order valence-corrected chi connectivity index (χ4v) is 4.18. The van der Waals surface area contributed by atoms with E-state index in [2.05, 4.69) is 35.2 Å². The van der Waals surface area contributed by atoms with Crippen LogP contribution in [0, 0.1) is 17.2 Å². The Morgan fingerprint density at radius 3 is 2.83 bits per heavy atom. The summed E-state index contributed by atoms with van der Waals surface area (Å²) in [5.74, 6) is 2.20. The van der Waals surface area contributed by atoms with Crippen LogP contribution in [0.3, 0.4) is 0 Å². The molecule has 1 aromatic rings. The molecule has 2 nitrogen and oxygen atoms in total. The smallest absolute Gasteiger partial charge is 0.0656 e. The van der Waals surface area contributed by atoms with Crippen LogP contribution in [-0.4, -0.2) is 30.3 Å². The van der Waals surface area contributed by atoms with E-state index in [0.29, 0.717) is 11.8 Å². The highest BCUT2D eigenvalue weighted by atomic mass is 32.2. The van der Waals surface area contributed by atoms with Crippen molar-refractivity contribution in [2.75, 3.05) is 25.4 Å². The number of likely N-dealkylation sites (tertiary alicyclic amines) is 1. The van der Waals surface area contributed by atoms with Gasteiger partial charge in [-0.05, 0) is 37.6 Å². The van der Waals surface area contributed by atoms with Crippen molar-refractivity contribution in [3.05, 3.63) is 29.8 Å². The number of nitrogens with zero attached hydrogens (tertiary/aromatic N) is 2. The van der Waals surface area contributed by atoms with Gasteiger partial charge in [0.1, 0.15) is 0 Å². The van der Waals surface area contributed by atoms with E-state index >= 15 is 0 Å². The number of benzene rings is 1. The average Bonchev–Trinajstić information content (AvgIpc) is 2.83. The van der Waals surface area contributed by atoms with Crippen molar-refractivity contribution in [2.24, 2.45) is 5.92 Å². The highest BCUT2D eigenvalue weighted by molar-refractivity contribution is 7.99. The van der Waals surface area contributed by atoms with Crippen molar-refractivity contribution in [1.29, 1.82) is 5.26 Å². The maximum absolute atomic E-state index is 8.92. The molecule has 1 unspecified atom stereocenters. The lowest BCUT2D eigenvalue weighted by Gasteiger charge is -2.31. The van der Waals surface area contributed by atoms with E-state index < -0.39 is 0 Å². The molecule has 2 aliphatic heterocycles. The molecule has 0 aliphatic carbocycles. The highest BCUT2D eigenvalue weighted by Crippen LogP contribution is 2.39. The van der Waals surface area contributed by atoms with E-state index in [1.165, 1.54) is 22.8 Å². The lowest BCUT2D eigenvalue weighted by molar-refractivity contribution is 0.198. The van der Waals surface area contributed by atoms with Gasteiger partial charge in [0.05, 0.1) is 6.07 Å². The largest absolute Gasteiger partial charge is 0.303 e. The molecule has 0 spiro atoms. The van der Waals surface area contributed by atoms with Crippen LogP contribution in [0.2, 0.25) is 0 Å². The first kappa shape index (κ1) is 12.1. The van der Waals surface area contributed by atoms with Crippen LogP contribution in [0.1, 0.15) is 24.3 Å². The van der Waals surface area contributed by atoms with Crippen LogP contribution in [0.15, 0.2) is 29.2 Å². The molecule has 0 bridgehead atoms. The quantitative estimate of drug-likeness (QED) is 0.815. The van der Waals surface area contributed by atoms with Crippen LogP contribution >= 0.6 is 11.8 Å². The molecule has 1 saturated heterocycles. The first-order chi connectivity index (χ1) is 8.86. The van der Waals surface area contributed by atoms with Crippen LogP contribution in [0.5, 0.6) is 0 Å². The molecule has 1 atom stereocenters. The molecule has 3 rings (SSSR count). The van der Waals surface area contributed by atoms with E-state index in [4.69, 9.17) is 5.26 Å². The number of nitriles is 1. The number of rotatable bonds is 2. The Labute approximate surface area is 113 Å². The zero-order valence-corrected chi connectivity index (χ0v) is 11.3. The summed E-state index contributed by atoms with van der Waals surface area (Å²) in [5, 5.41) is 8.92. The SMILES string of the molecule is N#CC1CCN(CC2CSc3ccccc32)CC1. The van der Waals surface area contributed by atoms with Crippen molar-refractivity contribution >= 4 is 11.8 Å². The summed E-state index contributed by atoms with van der Waals surface area (Å²) in [5.41, 5.74) is 1.53. The molecule has 0 amide bonds. The zero-order valence-electron chi connectivity index (χ0n) is 10.5. The van der Waals surface area contributed by atoms with Crippen LogP contribution in [0.4, 0.5) is 0 Å². The molecule has 94 valence electrons. The van der Waals surface area contributed by atoms with E-state index in [1.54, 1.807) is 0 Å². The van der Waals surface area contributed by atoms with Crippen molar-refractivity contribution in [3.8, 4) is 6.07 Å². The molecule has 2 heterocycles. The molecule has 2 aliphatic rings. The van der Waals surface area contributed by atoms with E-state index in [0.717, 1.165) is 25.9 Å². The Kier molecular flexibility index (Phi) is 3.58. The monoisotopic (exact) mass is 258 g/mol. The summed E-state index contributed by atoms with van der Waals surface area (Å²) < 4.78 is 0. The Bertz CT molecular complexity index is 458. The maximum atomic E-state index is 8.92. The first-order valence-corrected chi connectivity index (χ1v) is 7.69. The Hall–Kier alpha value is -0.980. The minimum atomic E-state index is 0.298. The van der Waals surface area contributed by atoms with Gasteiger partial charge >= 0.3 is 0 Å². The van der Waals surface area contributed by atoms with Gasteiger partial charge in [-0.2, -0.15) is 5.26 Å². The van der Waals surface area contributed by atoms with Gasteiger partial charge in [0, 0.05) is 29.0 Å². The Morgan fingerprint density at radius 1 is 1.28 bits per heavy atom. The summed E-state index contributed by atoms with van der Waals surface area (Å²) in [7, 11) is 0. The van der Waals surface area contributed by atoms with Crippen LogP contribution in [0.25, 0.3) is 0 Å². The van der Waals surface area contributed by atoms with Crippen LogP contribution in [-0.2, 0) is 0 Å². The minimum Gasteiger partial charge on any atom is -0.303 e. The first-order valence-electron chi connectivity index (χ1n) is 6.70. The van der Waals surface area contributed by atoms with Gasteiger partial charge < -0.3 is 4.90 Å². The van der Waals surface area contributed by atoms with E-state index in [-0.39, 0.29) is 0 Å². The van der Waals surface area contributed by atoms with Crippen LogP contribution < -0.4 is 0 Å². The lowest BCUT2D eigenvalue weighted by atomic mass is 9.96. The summed E-state index contributed by atoms with van der Waals surface area (Å²) >= 11 is 1.99. The standard InChI is InChI=1S/C15H18N2S/c16-9-12-5-7-17(8-6-12)10-13-11-18-15-4-2-1-3-14(13)15/h1-4,12-13H,5-8,10-11H2. The second kappa shape index (κ2) is 5.34. The second-order valence-electron chi connectivity index (χ2n) is 5.25. The third-order valence-corrected chi connectivity index (χ3v) is 5.30. The number of fused-ring (bicyclic) bond motifs is 1. The van der Waals surface area contributed by atoms with Crippen molar-refractivity contribution in [2.45, 2.75) is 23.7 Å². The van der Waals surface area contributed by atoms with Gasteiger partial charge in [-0.3, -0.25) is 0 Å². The summed E-state index contributed by atoms with van der Waals surface area (Å²) in [6.07, 6.45) is 2.11. The van der Waals surface area contributed by atoms with Crippen molar-refractivity contribution < 1.29 is 0 Å². The average molecular weight is 258 g/mol. The summed E-state index contributed by atoms with van der Waals surface area (Å²) in [6.45, 7) is 3.37. The molecule has 1 aromatic carbocycles. The molecular formula is C15H18N2S. The highest BCUT2D eigenvalue weighted by Gasteiger charge is 2.26. The van der Waals surface area contributed by atoms with Gasteiger partial charge in [-0.1, -0.05) is 18.2 Å². The number of thioether (sulfide) groups is 1. The predicted molar refractivity (Wildman–Crippen MR) is 74.7 cm³/mol. The lowest BCUT2D eigenvalue weighted by Crippen LogP contribution is -2.36. The Balaban J connectivity index is 1.61. The molecule has 18 heavy (non-hydrogen) atoms. The third kappa shape index (κ3) is 2.41. The summed E-state index contributed by atoms with van der Waals surface area (Å²) in [4.78, 5) is 4.01. The topological polar surface area (TPSA) is 27.0 Å². The van der Waals surface area contributed by atoms with Gasteiger partial charge in [-0.25, -0.2) is 0 Å². The normalized spacial score (nSPS) is 24.7. The molecular weight excluding hydrogens is 240 g/mol. The maximum Gasteiger partial charge on any atom is 0.0656 e. The molecule has 1 fully saturated rings. The van der Waals surface area contributed by atoms with E-state index in [1.807, 2.05) is 11.8 Å². The van der Waals surface area contributed by atoms with Gasteiger partial charge in [0.25, 0.3) is 0 Å². The molecule has 0 saturated carbocycles. The van der Waals surface area contributed by atoms with Gasteiger partial charge in [0.15, 0.2) is 0 Å². The molecule has 0 aromatic heterocycles. The zero-order chi connectivity index (χ0) is 12.4. The predicted octanol–water partition coefficient (Wildman–Crippen LogP) is 3.11.